The zero-order valence-corrected chi connectivity index (χ0v) is 18.0. The number of carboxylic acids is 1. The number of hydrogen-bond donors (Lipinski definition) is 4. The fourth-order valence-corrected chi connectivity index (χ4v) is 3.72. The van der Waals surface area contributed by atoms with E-state index in [1.807, 2.05) is 44.2 Å². The Balaban J connectivity index is 2.06. The maximum Gasteiger partial charge on any atom is 0.322 e. The van der Waals surface area contributed by atoms with Crippen LogP contribution >= 0.6 is 0 Å². The van der Waals surface area contributed by atoms with E-state index in [0.29, 0.717) is 32.2 Å². The lowest BCUT2D eigenvalue weighted by Gasteiger charge is -2.30. The molecule has 0 saturated carbocycles. The Morgan fingerprint density at radius 2 is 1.87 bits per heavy atom. The minimum atomic E-state index is -1.15. The third kappa shape index (κ3) is 7.36. The van der Waals surface area contributed by atoms with Gasteiger partial charge >= 0.3 is 5.97 Å². The van der Waals surface area contributed by atoms with E-state index in [1.54, 1.807) is 0 Å². The minimum absolute atomic E-state index is 0.126. The number of hydrogen-bond acceptors (Lipinski definition) is 5. The summed E-state index contributed by atoms with van der Waals surface area (Å²) in [5.41, 5.74) is 6.99. The first-order valence-electron chi connectivity index (χ1n) is 10.6. The molecule has 0 radical (unpaired) electrons. The number of carbonyl (C=O) groups excluding carboxylic acids is 3. The minimum Gasteiger partial charge on any atom is -0.480 e. The molecule has 1 aromatic carbocycles. The predicted octanol–water partition coefficient (Wildman–Crippen LogP) is 0.279. The summed E-state index contributed by atoms with van der Waals surface area (Å²) in [5.74, 6) is -2.29. The second kappa shape index (κ2) is 11.5. The number of likely N-dealkylation sites (tertiary alicyclic amines) is 1. The predicted molar refractivity (Wildman–Crippen MR) is 115 cm³/mol. The summed E-state index contributed by atoms with van der Waals surface area (Å²) in [6.07, 6.45) is 1.83. The van der Waals surface area contributed by atoms with E-state index in [2.05, 4.69) is 10.6 Å². The van der Waals surface area contributed by atoms with Crippen LogP contribution in [0.4, 0.5) is 0 Å². The van der Waals surface area contributed by atoms with Crippen LogP contribution in [-0.2, 0) is 25.6 Å². The molecule has 5 N–H and O–H groups in total. The standard InChI is InChI=1S/C22H32N4O5/c1-14(2)11-17(25-20(29)16(23)12-15-7-4-3-5-8-15)22(31)26-10-6-9-18(26)21(30)24-13-19(27)28/h3-5,7-8,14,16-18H,6,9-13,23H2,1-2H3,(H,24,30)(H,25,29)(H,27,28). The van der Waals surface area contributed by atoms with Crippen molar-refractivity contribution >= 4 is 23.7 Å². The van der Waals surface area contributed by atoms with Gasteiger partial charge in [-0.15, -0.1) is 0 Å². The van der Waals surface area contributed by atoms with Gasteiger partial charge in [-0.1, -0.05) is 44.2 Å². The van der Waals surface area contributed by atoms with E-state index >= 15 is 0 Å². The fourth-order valence-electron chi connectivity index (χ4n) is 3.72. The van der Waals surface area contributed by atoms with Crippen LogP contribution in [0.3, 0.4) is 0 Å². The van der Waals surface area contributed by atoms with Gasteiger partial charge in [-0.25, -0.2) is 0 Å². The molecular formula is C22H32N4O5. The van der Waals surface area contributed by atoms with Gasteiger partial charge in [0.2, 0.25) is 17.7 Å². The Morgan fingerprint density at radius 1 is 1.19 bits per heavy atom. The molecular weight excluding hydrogens is 400 g/mol. The quantitative estimate of drug-likeness (QED) is 0.418. The van der Waals surface area contributed by atoms with Crippen molar-refractivity contribution in [3.8, 4) is 0 Å². The zero-order chi connectivity index (χ0) is 23.0. The molecule has 1 aliphatic heterocycles. The zero-order valence-electron chi connectivity index (χ0n) is 18.0. The third-order valence-corrected chi connectivity index (χ3v) is 5.21. The second-order valence-corrected chi connectivity index (χ2v) is 8.29. The van der Waals surface area contributed by atoms with E-state index in [4.69, 9.17) is 10.8 Å². The number of amides is 3. The van der Waals surface area contributed by atoms with Gasteiger partial charge in [0.15, 0.2) is 0 Å². The molecule has 3 amide bonds. The van der Waals surface area contributed by atoms with E-state index in [1.165, 1.54) is 4.90 Å². The van der Waals surface area contributed by atoms with Gasteiger partial charge in [-0.2, -0.15) is 0 Å². The smallest absolute Gasteiger partial charge is 0.322 e. The van der Waals surface area contributed by atoms with E-state index in [0.717, 1.165) is 5.56 Å². The summed E-state index contributed by atoms with van der Waals surface area (Å²) in [6.45, 7) is 3.76. The highest BCUT2D eigenvalue weighted by Crippen LogP contribution is 2.20. The Labute approximate surface area is 182 Å². The second-order valence-electron chi connectivity index (χ2n) is 8.29. The summed E-state index contributed by atoms with van der Waals surface area (Å²) in [7, 11) is 0. The average Bonchev–Trinajstić information content (AvgIpc) is 3.21. The number of nitrogens with two attached hydrogens (primary N) is 1. The van der Waals surface area contributed by atoms with Gasteiger partial charge in [-0.3, -0.25) is 19.2 Å². The molecule has 0 spiro atoms. The monoisotopic (exact) mass is 432 g/mol. The topological polar surface area (TPSA) is 142 Å². The molecule has 3 atom stereocenters. The molecule has 9 heteroatoms. The molecule has 9 nitrogen and oxygen atoms in total. The van der Waals surface area contributed by atoms with E-state index < -0.39 is 42.5 Å². The maximum atomic E-state index is 13.2. The van der Waals surface area contributed by atoms with Gasteiger partial charge in [0.05, 0.1) is 6.04 Å². The number of benzene rings is 1. The lowest BCUT2D eigenvalue weighted by Crippen LogP contribution is -2.56. The fraction of sp³-hybridized carbons (Fsp3) is 0.545. The van der Waals surface area contributed by atoms with Crippen LogP contribution in [0.1, 0.15) is 38.7 Å². The first kappa shape index (κ1) is 24.3. The van der Waals surface area contributed by atoms with Crippen molar-refractivity contribution in [2.75, 3.05) is 13.1 Å². The lowest BCUT2D eigenvalue weighted by atomic mass is 10.0. The SMILES string of the molecule is CC(C)CC(NC(=O)C(N)Cc1ccccc1)C(=O)N1CCCC1C(=O)NCC(=O)O. The number of nitrogens with zero attached hydrogens (tertiary/aromatic N) is 1. The summed E-state index contributed by atoms with van der Waals surface area (Å²) in [4.78, 5) is 50.5. The van der Waals surface area contributed by atoms with Gasteiger partial charge in [0, 0.05) is 6.54 Å². The molecule has 1 saturated heterocycles. The summed E-state index contributed by atoms with van der Waals surface area (Å²) in [5, 5.41) is 13.9. The molecule has 1 heterocycles. The highest BCUT2D eigenvalue weighted by atomic mass is 16.4. The third-order valence-electron chi connectivity index (χ3n) is 5.21. The summed E-state index contributed by atoms with van der Waals surface area (Å²) < 4.78 is 0. The summed E-state index contributed by atoms with van der Waals surface area (Å²) in [6, 6.07) is 7.04. The maximum absolute atomic E-state index is 13.2. The number of nitrogens with one attached hydrogen (secondary N) is 2. The molecule has 1 aliphatic rings. The number of aliphatic carboxylic acids is 1. The molecule has 31 heavy (non-hydrogen) atoms. The Kier molecular flexibility index (Phi) is 8.99. The van der Waals surface area contributed by atoms with Crippen molar-refractivity contribution in [3.63, 3.8) is 0 Å². The van der Waals surface area contributed by atoms with Crippen molar-refractivity contribution in [1.82, 2.24) is 15.5 Å². The van der Waals surface area contributed by atoms with Crippen molar-refractivity contribution in [3.05, 3.63) is 35.9 Å². The number of rotatable bonds is 10. The van der Waals surface area contributed by atoms with Gasteiger partial charge in [-0.05, 0) is 37.2 Å². The average molecular weight is 433 g/mol. The van der Waals surface area contributed by atoms with E-state index in [9.17, 15) is 19.2 Å². The van der Waals surface area contributed by atoms with Crippen molar-refractivity contribution < 1.29 is 24.3 Å². The van der Waals surface area contributed by atoms with E-state index in [-0.39, 0.29) is 11.8 Å². The van der Waals surface area contributed by atoms with Crippen LogP contribution in [0.25, 0.3) is 0 Å². The molecule has 170 valence electrons. The van der Waals surface area contributed by atoms with Crippen LogP contribution in [-0.4, -0.2) is 64.9 Å². The molecule has 1 fully saturated rings. The molecule has 2 rings (SSSR count). The van der Waals surface area contributed by atoms with Crippen molar-refractivity contribution in [2.24, 2.45) is 11.7 Å². The van der Waals surface area contributed by atoms with Crippen LogP contribution in [0.15, 0.2) is 30.3 Å². The molecule has 0 aromatic heterocycles. The molecule has 0 aliphatic carbocycles. The van der Waals surface area contributed by atoms with Gasteiger partial charge in [0.1, 0.15) is 18.6 Å². The Morgan fingerprint density at radius 3 is 2.48 bits per heavy atom. The molecule has 3 unspecified atom stereocenters. The highest BCUT2D eigenvalue weighted by Gasteiger charge is 2.38. The van der Waals surface area contributed by atoms with Crippen LogP contribution in [0, 0.1) is 5.92 Å². The van der Waals surface area contributed by atoms with Gasteiger partial charge < -0.3 is 26.4 Å². The summed E-state index contributed by atoms with van der Waals surface area (Å²) >= 11 is 0. The Hall–Kier alpha value is -2.94. The van der Waals surface area contributed by atoms with Gasteiger partial charge in [0.25, 0.3) is 0 Å². The van der Waals surface area contributed by atoms with Crippen molar-refractivity contribution in [2.45, 2.75) is 57.7 Å². The first-order valence-corrected chi connectivity index (χ1v) is 10.6. The van der Waals surface area contributed by atoms with Crippen LogP contribution in [0.2, 0.25) is 0 Å². The lowest BCUT2D eigenvalue weighted by molar-refractivity contribution is -0.143. The van der Waals surface area contributed by atoms with Crippen molar-refractivity contribution in [1.29, 1.82) is 0 Å². The molecule has 1 aromatic rings. The highest BCUT2D eigenvalue weighted by molar-refractivity contribution is 5.94. The van der Waals surface area contributed by atoms with Crippen LogP contribution in [0.5, 0.6) is 0 Å². The largest absolute Gasteiger partial charge is 0.480 e. The molecule has 0 bridgehead atoms. The number of carboxylic acid groups (broad SMARTS) is 1. The first-order chi connectivity index (χ1) is 14.7. The van der Waals surface area contributed by atoms with Crippen LogP contribution < -0.4 is 16.4 Å². The normalized spacial score (nSPS) is 17.8. The Bertz CT molecular complexity index is 783. The number of carbonyl (C=O) groups is 4.